The van der Waals surface area contributed by atoms with Crippen LogP contribution in [0.2, 0.25) is 0 Å². The zero-order valence-corrected chi connectivity index (χ0v) is 16.0. The number of carbonyl (C=O) groups is 1. The third kappa shape index (κ3) is 4.33. The largest absolute Gasteiger partial charge is 0.457 e. The molecule has 1 aliphatic heterocycles. The summed E-state index contributed by atoms with van der Waals surface area (Å²) in [5.74, 6) is 1.74. The van der Waals surface area contributed by atoms with Crippen LogP contribution in [0.4, 0.5) is 0 Å². The Morgan fingerprint density at radius 3 is 2.11 bits per heavy atom. The number of rotatable bonds is 6. The van der Waals surface area contributed by atoms with E-state index in [1.165, 1.54) is 0 Å². The van der Waals surface area contributed by atoms with E-state index < -0.39 is 0 Å². The van der Waals surface area contributed by atoms with Crippen molar-refractivity contribution in [2.45, 2.75) is 44.7 Å². The van der Waals surface area contributed by atoms with Crippen molar-refractivity contribution in [2.75, 3.05) is 19.6 Å². The highest BCUT2D eigenvalue weighted by Gasteiger charge is 2.38. The molecule has 142 valence electrons. The van der Waals surface area contributed by atoms with E-state index in [2.05, 4.69) is 16.7 Å². The molecule has 0 spiro atoms. The average Bonchev–Trinajstić information content (AvgIpc) is 3.55. The smallest absolute Gasteiger partial charge is 0.254 e. The molecule has 4 nitrogen and oxygen atoms in total. The number of nitrogens with zero attached hydrogens (tertiary/aromatic N) is 2. The topological polar surface area (TPSA) is 32.8 Å². The van der Waals surface area contributed by atoms with Crippen LogP contribution in [-0.2, 0) is 0 Å². The van der Waals surface area contributed by atoms with Crippen molar-refractivity contribution in [3.8, 4) is 11.5 Å². The number of benzene rings is 2. The van der Waals surface area contributed by atoms with Crippen LogP contribution in [0.1, 0.15) is 43.0 Å². The molecule has 27 heavy (non-hydrogen) atoms. The molecule has 1 amide bonds. The number of amides is 1. The molecule has 1 saturated heterocycles. The highest BCUT2D eigenvalue weighted by Crippen LogP contribution is 2.33. The van der Waals surface area contributed by atoms with Gasteiger partial charge in [-0.05, 0) is 68.6 Å². The van der Waals surface area contributed by atoms with Gasteiger partial charge in [-0.15, -0.1) is 0 Å². The summed E-state index contributed by atoms with van der Waals surface area (Å²) in [6, 6.07) is 18.1. The van der Waals surface area contributed by atoms with Crippen molar-refractivity contribution in [1.82, 2.24) is 9.80 Å². The first-order chi connectivity index (χ1) is 13.2. The van der Waals surface area contributed by atoms with Crippen LogP contribution < -0.4 is 4.74 Å². The summed E-state index contributed by atoms with van der Waals surface area (Å²) < 4.78 is 5.84. The number of hydrogen-bond acceptors (Lipinski definition) is 3. The van der Waals surface area contributed by atoms with Gasteiger partial charge in [-0.2, -0.15) is 0 Å². The molecular formula is C23H28N2O2. The van der Waals surface area contributed by atoms with Crippen molar-refractivity contribution in [1.29, 1.82) is 0 Å². The van der Waals surface area contributed by atoms with Crippen LogP contribution in [0.5, 0.6) is 11.5 Å². The van der Waals surface area contributed by atoms with Crippen molar-refractivity contribution in [3.05, 3.63) is 60.2 Å². The summed E-state index contributed by atoms with van der Waals surface area (Å²) in [6.45, 7) is 5.51. The summed E-state index contributed by atoms with van der Waals surface area (Å²) in [7, 11) is 0. The maximum absolute atomic E-state index is 13.2. The molecule has 2 aromatic carbocycles. The first-order valence-corrected chi connectivity index (χ1v) is 10.1. The maximum Gasteiger partial charge on any atom is 0.254 e. The molecule has 1 saturated carbocycles. The minimum Gasteiger partial charge on any atom is -0.457 e. The maximum atomic E-state index is 13.2. The third-order valence-corrected chi connectivity index (χ3v) is 5.65. The van der Waals surface area contributed by atoms with Gasteiger partial charge in [0, 0.05) is 30.7 Å². The van der Waals surface area contributed by atoms with Gasteiger partial charge in [-0.1, -0.05) is 25.1 Å². The predicted octanol–water partition coefficient (Wildman–Crippen LogP) is 4.57. The number of hydrogen-bond donors (Lipinski definition) is 0. The molecule has 0 N–H and O–H groups in total. The standard InChI is InChI=1S/C23H28N2O2/c1-2-24-16-14-20(15-17-24)25(19-10-11-19)23(26)18-8-12-22(13-9-18)27-21-6-4-3-5-7-21/h3-9,12-13,19-20H,2,10-11,14-17H2,1H3. The lowest BCUT2D eigenvalue weighted by molar-refractivity contribution is 0.0554. The minimum absolute atomic E-state index is 0.179. The van der Waals surface area contributed by atoms with Crippen LogP contribution in [-0.4, -0.2) is 47.4 Å². The van der Waals surface area contributed by atoms with E-state index >= 15 is 0 Å². The number of likely N-dealkylation sites (tertiary alicyclic amines) is 1. The summed E-state index contributed by atoms with van der Waals surface area (Å²) in [5.41, 5.74) is 0.764. The van der Waals surface area contributed by atoms with Gasteiger partial charge in [-0.25, -0.2) is 0 Å². The van der Waals surface area contributed by atoms with Crippen molar-refractivity contribution >= 4 is 5.91 Å². The first-order valence-electron chi connectivity index (χ1n) is 10.1. The Balaban J connectivity index is 1.44. The Morgan fingerprint density at radius 2 is 1.52 bits per heavy atom. The molecule has 2 aliphatic rings. The minimum atomic E-state index is 0.179. The number of carbonyl (C=O) groups excluding carboxylic acids is 1. The number of para-hydroxylation sites is 1. The van der Waals surface area contributed by atoms with Crippen molar-refractivity contribution < 1.29 is 9.53 Å². The second kappa shape index (κ2) is 8.13. The number of piperidine rings is 1. The fourth-order valence-electron chi connectivity index (χ4n) is 3.94. The lowest BCUT2D eigenvalue weighted by atomic mass is 10.0. The Morgan fingerprint density at radius 1 is 0.926 bits per heavy atom. The Labute approximate surface area is 161 Å². The molecule has 4 rings (SSSR count). The van der Waals surface area contributed by atoms with Gasteiger partial charge in [0.25, 0.3) is 5.91 Å². The fourth-order valence-corrected chi connectivity index (χ4v) is 3.94. The van der Waals surface area contributed by atoms with Gasteiger partial charge in [0.15, 0.2) is 0 Å². The number of ether oxygens (including phenoxy) is 1. The third-order valence-electron chi connectivity index (χ3n) is 5.65. The first kappa shape index (κ1) is 18.1. The van der Waals surface area contributed by atoms with Gasteiger partial charge >= 0.3 is 0 Å². The van der Waals surface area contributed by atoms with Gasteiger partial charge in [0.2, 0.25) is 0 Å². The van der Waals surface area contributed by atoms with E-state index in [1.54, 1.807) is 0 Å². The van der Waals surface area contributed by atoms with Crippen LogP contribution in [0.15, 0.2) is 54.6 Å². The quantitative estimate of drug-likeness (QED) is 0.753. The monoisotopic (exact) mass is 364 g/mol. The normalized spacial score (nSPS) is 18.3. The molecule has 1 aliphatic carbocycles. The molecule has 2 fully saturated rings. The van der Waals surface area contributed by atoms with E-state index in [0.717, 1.165) is 62.4 Å². The van der Waals surface area contributed by atoms with E-state index in [1.807, 2.05) is 54.6 Å². The van der Waals surface area contributed by atoms with Crippen LogP contribution in [0.3, 0.4) is 0 Å². The lowest BCUT2D eigenvalue weighted by Gasteiger charge is -2.38. The molecule has 0 atom stereocenters. The molecule has 1 heterocycles. The lowest BCUT2D eigenvalue weighted by Crippen LogP contribution is -2.48. The summed E-state index contributed by atoms with van der Waals surface area (Å²) in [5, 5.41) is 0. The second-order valence-electron chi connectivity index (χ2n) is 7.55. The van der Waals surface area contributed by atoms with Crippen LogP contribution >= 0.6 is 0 Å². The molecular weight excluding hydrogens is 336 g/mol. The van der Waals surface area contributed by atoms with Gasteiger partial charge in [0.05, 0.1) is 0 Å². The van der Waals surface area contributed by atoms with Crippen molar-refractivity contribution in [2.24, 2.45) is 0 Å². The highest BCUT2D eigenvalue weighted by atomic mass is 16.5. The van der Waals surface area contributed by atoms with E-state index in [4.69, 9.17) is 4.74 Å². The van der Waals surface area contributed by atoms with E-state index in [-0.39, 0.29) is 5.91 Å². The zero-order valence-electron chi connectivity index (χ0n) is 16.0. The molecule has 2 aromatic rings. The van der Waals surface area contributed by atoms with E-state index in [0.29, 0.717) is 12.1 Å². The van der Waals surface area contributed by atoms with Gasteiger partial charge in [0.1, 0.15) is 11.5 Å². The van der Waals surface area contributed by atoms with Gasteiger partial charge < -0.3 is 14.5 Å². The van der Waals surface area contributed by atoms with Gasteiger partial charge in [-0.3, -0.25) is 4.79 Å². The SMILES string of the molecule is CCN1CCC(N(C(=O)c2ccc(Oc3ccccc3)cc2)C2CC2)CC1. The molecule has 0 unspecified atom stereocenters. The molecule has 4 heteroatoms. The van der Waals surface area contributed by atoms with Crippen molar-refractivity contribution in [3.63, 3.8) is 0 Å². The summed E-state index contributed by atoms with van der Waals surface area (Å²) in [4.78, 5) is 17.9. The molecule has 0 bridgehead atoms. The zero-order chi connectivity index (χ0) is 18.6. The van der Waals surface area contributed by atoms with E-state index in [9.17, 15) is 4.79 Å². The fraction of sp³-hybridized carbons (Fsp3) is 0.435. The predicted molar refractivity (Wildman–Crippen MR) is 107 cm³/mol. The highest BCUT2D eigenvalue weighted by molar-refractivity contribution is 5.95. The Hall–Kier alpha value is -2.33. The molecule has 0 radical (unpaired) electrons. The Bertz CT molecular complexity index is 748. The van der Waals surface area contributed by atoms with Crippen LogP contribution in [0.25, 0.3) is 0 Å². The second-order valence-corrected chi connectivity index (χ2v) is 7.55. The van der Waals surface area contributed by atoms with Crippen LogP contribution in [0, 0.1) is 0 Å². The molecule has 0 aromatic heterocycles. The summed E-state index contributed by atoms with van der Waals surface area (Å²) in [6.07, 6.45) is 4.47. The summed E-state index contributed by atoms with van der Waals surface area (Å²) >= 11 is 0. The average molecular weight is 364 g/mol. The Kier molecular flexibility index (Phi) is 5.44.